The number of halogens is 2. The van der Waals surface area contributed by atoms with Gasteiger partial charge in [0.05, 0.1) is 31.4 Å². The molecule has 2 aromatic carbocycles. The minimum atomic E-state index is -0.914. The molecule has 1 amide bonds. The summed E-state index contributed by atoms with van der Waals surface area (Å²) in [6, 6.07) is 7.48. The fraction of sp³-hybridized carbons (Fsp3) is 0.350. The van der Waals surface area contributed by atoms with Gasteiger partial charge in [0, 0.05) is 18.1 Å². The molecule has 1 aliphatic rings. The van der Waals surface area contributed by atoms with Gasteiger partial charge in [0.1, 0.15) is 30.0 Å². The number of rotatable bonds is 6. The lowest BCUT2D eigenvalue weighted by atomic mass is 10.0. The molecule has 28 heavy (non-hydrogen) atoms. The highest BCUT2D eigenvalue weighted by molar-refractivity contribution is 6.30. The Morgan fingerprint density at radius 3 is 2.79 bits per heavy atom. The van der Waals surface area contributed by atoms with Crippen LogP contribution in [0.1, 0.15) is 17.2 Å². The van der Waals surface area contributed by atoms with Gasteiger partial charge in [0.15, 0.2) is 6.61 Å². The van der Waals surface area contributed by atoms with Crippen molar-refractivity contribution in [1.29, 1.82) is 0 Å². The van der Waals surface area contributed by atoms with Crippen molar-refractivity contribution >= 4 is 23.2 Å². The first-order valence-corrected chi connectivity index (χ1v) is 9.26. The van der Waals surface area contributed by atoms with Crippen LogP contribution in [0.25, 0.3) is 0 Å². The van der Waals surface area contributed by atoms with E-state index in [1.54, 1.807) is 12.1 Å². The zero-order valence-electron chi connectivity index (χ0n) is 15.7. The van der Waals surface area contributed by atoms with E-state index in [1.165, 1.54) is 18.2 Å². The van der Waals surface area contributed by atoms with E-state index in [0.717, 1.165) is 5.56 Å². The van der Waals surface area contributed by atoms with Crippen LogP contribution in [0.5, 0.6) is 11.5 Å². The Balaban J connectivity index is 1.71. The van der Waals surface area contributed by atoms with Gasteiger partial charge in [-0.3, -0.25) is 4.79 Å². The molecule has 1 unspecified atom stereocenters. The van der Waals surface area contributed by atoms with Gasteiger partial charge >= 0.3 is 0 Å². The minimum absolute atomic E-state index is 0.0649. The Labute approximate surface area is 167 Å². The number of hydrogen-bond donors (Lipinski definition) is 3. The summed E-state index contributed by atoms with van der Waals surface area (Å²) in [5.41, 5.74) is 1.68. The van der Waals surface area contributed by atoms with Gasteiger partial charge in [0.2, 0.25) is 0 Å². The highest BCUT2D eigenvalue weighted by Crippen LogP contribution is 2.39. The predicted octanol–water partition coefficient (Wildman–Crippen LogP) is 2.87. The summed E-state index contributed by atoms with van der Waals surface area (Å²) in [5.74, 6) is -0.456. The third-order valence-corrected chi connectivity index (χ3v) is 5.03. The number of nitrogens with one attached hydrogen (secondary N) is 1. The van der Waals surface area contributed by atoms with Crippen molar-refractivity contribution in [3.05, 3.63) is 52.3 Å². The average Bonchev–Trinajstić information content (AvgIpc) is 2.61. The monoisotopic (exact) mass is 409 g/mol. The molecule has 2 aromatic rings. The first-order valence-electron chi connectivity index (χ1n) is 8.88. The summed E-state index contributed by atoms with van der Waals surface area (Å²) in [4.78, 5) is 11.5. The van der Waals surface area contributed by atoms with Gasteiger partial charge in [-0.1, -0.05) is 17.7 Å². The number of aliphatic hydroxyl groups excluding tert-OH is 1. The van der Waals surface area contributed by atoms with Crippen LogP contribution < -0.4 is 10.1 Å². The van der Waals surface area contributed by atoms with Crippen LogP contribution in [-0.2, 0) is 11.2 Å². The first kappa shape index (κ1) is 20.4. The third kappa shape index (κ3) is 4.73. The molecule has 1 atom stereocenters. The second-order valence-electron chi connectivity index (χ2n) is 7.60. The molecule has 0 aliphatic carbocycles. The number of aliphatic hydroxyl groups is 1. The largest absolute Gasteiger partial charge is 0.508 e. The average molecular weight is 410 g/mol. The molecular formula is C20H23ClFN2O4+. The van der Waals surface area contributed by atoms with Crippen LogP contribution in [0.2, 0.25) is 5.02 Å². The van der Waals surface area contributed by atoms with Crippen LogP contribution in [0.4, 0.5) is 10.1 Å². The molecule has 3 rings (SSSR count). The minimum Gasteiger partial charge on any atom is -0.508 e. The maximum atomic E-state index is 13.3. The van der Waals surface area contributed by atoms with E-state index in [2.05, 4.69) is 5.32 Å². The molecule has 0 saturated heterocycles. The number of aromatic hydroxyl groups is 1. The Kier molecular flexibility index (Phi) is 5.79. The molecule has 8 heteroatoms. The molecule has 1 aliphatic heterocycles. The number of phenols is 1. The van der Waals surface area contributed by atoms with E-state index in [9.17, 15) is 19.4 Å². The van der Waals surface area contributed by atoms with Crippen LogP contribution >= 0.6 is 11.6 Å². The van der Waals surface area contributed by atoms with E-state index in [-0.39, 0.29) is 23.3 Å². The fourth-order valence-electron chi connectivity index (χ4n) is 3.25. The zero-order chi connectivity index (χ0) is 20.5. The summed E-state index contributed by atoms with van der Waals surface area (Å²) < 4.78 is 19.2. The van der Waals surface area contributed by atoms with E-state index in [1.807, 2.05) is 14.1 Å². The zero-order valence-corrected chi connectivity index (χ0v) is 16.5. The number of anilines is 1. The second-order valence-corrected chi connectivity index (χ2v) is 8.01. The Bertz CT molecular complexity index is 904. The van der Waals surface area contributed by atoms with Crippen LogP contribution in [0, 0.1) is 5.82 Å². The number of carbonyl (C=O) groups is 1. The molecule has 0 bridgehead atoms. The van der Waals surface area contributed by atoms with Gasteiger partial charge in [-0.25, -0.2) is 4.39 Å². The molecule has 1 heterocycles. The van der Waals surface area contributed by atoms with Crippen molar-refractivity contribution in [1.82, 2.24) is 0 Å². The van der Waals surface area contributed by atoms with E-state index in [0.29, 0.717) is 41.0 Å². The van der Waals surface area contributed by atoms with Crippen molar-refractivity contribution in [2.75, 3.05) is 39.1 Å². The maximum Gasteiger partial charge on any atom is 0.262 e. The molecule has 0 aromatic heterocycles. The van der Waals surface area contributed by atoms with Crippen LogP contribution in [0.3, 0.4) is 0 Å². The number of phenolic OH excluding ortho intramolecular Hbond substituents is 1. The van der Waals surface area contributed by atoms with Gasteiger partial charge in [-0.15, -0.1) is 0 Å². The molecule has 0 radical (unpaired) electrons. The molecule has 150 valence electrons. The number of hydrogen-bond acceptors (Lipinski definition) is 4. The summed E-state index contributed by atoms with van der Waals surface area (Å²) >= 11 is 5.83. The van der Waals surface area contributed by atoms with Crippen LogP contribution in [0.15, 0.2) is 30.3 Å². The molecule has 0 saturated carbocycles. The Morgan fingerprint density at radius 2 is 2.07 bits per heavy atom. The second kappa shape index (κ2) is 7.95. The maximum absolute atomic E-state index is 13.3. The number of likely N-dealkylation sites (N-methyl/N-ethyl adjacent to an activating group) is 1. The Hall–Kier alpha value is -2.35. The number of nitrogens with zero attached hydrogens (tertiary/aromatic N) is 1. The highest BCUT2D eigenvalue weighted by atomic mass is 35.5. The summed E-state index contributed by atoms with van der Waals surface area (Å²) in [6.07, 6.45) is -0.257. The molecular weight excluding hydrogens is 387 g/mol. The normalized spacial score (nSPS) is 14.8. The SMILES string of the molecule is C[N+](C)(CCc1ccc(F)c(Cl)c1)CC(O)c1cc(O)cc2c1OCC(=O)N2. The number of ether oxygens (including phenoxy) is 1. The van der Waals surface area contributed by atoms with Crippen molar-refractivity contribution in [3.8, 4) is 11.5 Å². The van der Waals surface area contributed by atoms with E-state index < -0.39 is 11.9 Å². The first-order chi connectivity index (χ1) is 13.1. The summed E-state index contributed by atoms with van der Waals surface area (Å²) in [7, 11) is 3.93. The molecule has 0 fully saturated rings. The quantitative estimate of drug-likeness (QED) is 0.641. The van der Waals surface area contributed by atoms with Crippen molar-refractivity contribution < 1.29 is 28.6 Å². The fourth-order valence-corrected chi connectivity index (χ4v) is 3.45. The number of benzene rings is 2. The van der Waals surface area contributed by atoms with E-state index in [4.69, 9.17) is 16.3 Å². The number of fused-ring (bicyclic) bond motifs is 1. The molecule has 6 nitrogen and oxygen atoms in total. The standard InChI is InChI=1S/C20H22ClFN2O4/c1-24(2,6-5-12-3-4-16(22)15(21)7-12)10-18(26)14-8-13(25)9-17-20(14)28-11-19(27)23-17/h3-4,7-9,18,26H,5-6,10-11H2,1-2H3,(H-,23,25,27)/p+1. The topological polar surface area (TPSA) is 78.8 Å². The third-order valence-electron chi connectivity index (χ3n) is 4.74. The molecule has 3 N–H and O–H groups in total. The van der Waals surface area contributed by atoms with Gasteiger partial charge in [-0.2, -0.15) is 0 Å². The van der Waals surface area contributed by atoms with E-state index >= 15 is 0 Å². The number of amides is 1. The predicted molar refractivity (Wildman–Crippen MR) is 104 cm³/mol. The lowest BCUT2D eigenvalue weighted by Gasteiger charge is -2.33. The summed E-state index contributed by atoms with van der Waals surface area (Å²) in [5, 5.41) is 23.4. The summed E-state index contributed by atoms with van der Waals surface area (Å²) in [6.45, 7) is 0.890. The van der Waals surface area contributed by atoms with Crippen molar-refractivity contribution in [3.63, 3.8) is 0 Å². The van der Waals surface area contributed by atoms with Crippen molar-refractivity contribution in [2.24, 2.45) is 0 Å². The van der Waals surface area contributed by atoms with Gasteiger partial charge in [-0.05, 0) is 23.8 Å². The Morgan fingerprint density at radius 1 is 1.32 bits per heavy atom. The number of carbonyl (C=O) groups excluding carboxylic acids is 1. The molecule has 0 spiro atoms. The highest BCUT2D eigenvalue weighted by Gasteiger charge is 2.28. The van der Waals surface area contributed by atoms with Gasteiger partial charge < -0.3 is 24.7 Å². The van der Waals surface area contributed by atoms with Crippen LogP contribution in [-0.4, -0.2) is 54.4 Å². The lowest BCUT2D eigenvalue weighted by Crippen LogP contribution is -2.44. The number of quaternary nitrogens is 1. The van der Waals surface area contributed by atoms with Crippen molar-refractivity contribution in [2.45, 2.75) is 12.5 Å². The van der Waals surface area contributed by atoms with Gasteiger partial charge in [0.25, 0.3) is 5.91 Å². The smallest absolute Gasteiger partial charge is 0.262 e. The lowest BCUT2D eigenvalue weighted by molar-refractivity contribution is -0.893.